The van der Waals surface area contributed by atoms with Crippen LogP contribution in [0.3, 0.4) is 0 Å². The minimum absolute atomic E-state index is 0.181. The van der Waals surface area contributed by atoms with Crippen molar-refractivity contribution in [1.82, 2.24) is 15.2 Å². The molecule has 1 amide bonds. The minimum Gasteiger partial charge on any atom is -0.447 e. The molecule has 4 rings (SSSR count). The molecule has 1 aliphatic heterocycles. The van der Waals surface area contributed by atoms with Gasteiger partial charge in [-0.25, -0.2) is 0 Å². The van der Waals surface area contributed by atoms with E-state index in [1.54, 1.807) is 6.07 Å². The number of hydrogen-bond donors (Lipinski definition) is 0. The molecular weight excluding hydrogens is 489 g/mol. The lowest BCUT2D eigenvalue weighted by Crippen LogP contribution is -2.36. The van der Waals surface area contributed by atoms with Crippen LogP contribution in [0.4, 0.5) is 18.9 Å². The third-order valence-electron chi connectivity index (χ3n) is 5.87. The summed E-state index contributed by atoms with van der Waals surface area (Å²) in [5, 5.41) is 9.14. The van der Waals surface area contributed by atoms with Gasteiger partial charge in [0, 0.05) is 23.8 Å². The van der Waals surface area contributed by atoms with Gasteiger partial charge < -0.3 is 4.74 Å². The molecule has 0 bridgehead atoms. The number of rotatable bonds is 6. The van der Waals surface area contributed by atoms with E-state index in [2.05, 4.69) is 29.0 Å². The fourth-order valence-corrected chi connectivity index (χ4v) is 4.89. The molecule has 2 aromatic carbocycles. The van der Waals surface area contributed by atoms with E-state index in [1.165, 1.54) is 35.7 Å². The van der Waals surface area contributed by atoms with Crippen LogP contribution < -0.4 is 9.64 Å². The molecule has 1 aromatic heterocycles. The van der Waals surface area contributed by atoms with Gasteiger partial charge in [0.05, 0.1) is 11.3 Å². The van der Waals surface area contributed by atoms with Gasteiger partial charge in [-0.2, -0.15) is 18.2 Å². The Morgan fingerprint density at radius 1 is 1.14 bits per heavy atom. The Kier molecular flexibility index (Phi) is 7.54. The number of benzene rings is 2. The molecule has 0 radical (unpaired) electrons. The first kappa shape index (κ1) is 25.9. The number of carbonyl (C=O) groups excluding carboxylic acids is 1. The summed E-state index contributed by atoms with van der Waals surface area (Å²) in [6, 6.07) is 10.2. The highest BCUT2D eigenvalue weighted by Gasteiger charge is 2.36. The molecule has 0 spiro atoms. The molecule has 0 saturated carbocycles. The van der Waals surface area contributed by atoms with Crippen molar-refractivity contribution in [1.29, 1.82) is 0 Å². The van der Waals surface area contributed by atoms with E-state index in [0.717, 1.165) is 36.3 Å². The fraction of sp³-hybridized carbons (Fsp3) is 0.385. The quantitative estimate of drug-likeness (QED) is 0.340. The van der Waals surface area contributed by atoms with Crippen molar-refractivity contribution in [2.24, 2.45) is 5.92 Å². The van der Waals surface area contributed by atoms with Crippen molar-refractivity contribution in [3.63, 3.8) is 0 Å². The second-order valence-electron chi connectivity index (χ2n) is 8.96. The van der Waals surface area contributed by atoms with Gasteiger partial charge in [-0.15, -0.1) is 10.2 Å². The second kappa shape index (κ2) is 10.5. The first-order chi connectivity index (χ1) is 17.1. The lowest BCUT2D eigenvalue weighted by molar-refractivity contribution is -0.137. The monoisotopic (exact) mass is 516 g/mol. The van der Waals surface area contributed by atoms with E-state index in [0.29, 0.717) is 33.6 Å². The first-order valence-electron chi connectivity index (χ1n) is 11.7. The topological polar surface area (TPSA) is 68.2 Å². The minimum atomic E-state index is -4.47. The summed E-state index contributed by atoms with van der Waals surface area (Å²) in [5.74, 6) is 1.17. The Hall–Kier alpha value is -3.14. The Morgan fingerprint density at radius 3 is 2.47 bits per heavy atom. The number of nitrogens with zero attached hydrogens (tertiary/aromatic N) is 4. The summed E-state index contributed by atoms with van der Waals surface area (Å²) in [6.45, 7) is 7.67. The second-order valence-corrected chi connectivity index (χ2v) is 10.0. The van der Waals surface area contributed by atoms with E-state index in [9.17, 15) is 18.0 Å². The summed E-state index contributed by atoms with van der Waals surface area (Å²) in [4.78, 5) is 18.9. The molecule has 0 fully saturated rings. The van der Waals surface area contributed by atoms with Gasteiger partial charge in [0.15, 0.2) is 5.69 Å². The van der Waals surface area contributed by atoms with Crippen LogP contribution in [0.1, 0.15) is 57.0 Å². The number of amides is 1. The van der Waals surface area contributed by atoms with Crippen molar-refractivity contribution < 1.29 is 22.7 Å². The number of fused-ring (bicyclic) bond motifs is 3. The Bertz CT molecular complexity index is 1250. The predicted octanol–water partition coefficient (Wildman–Crippen LogP) is 6.70. The van der Waals surface area contributed by atoms with Crippen LogP contribution in [0.25, 0.3) is 11.3 Å². The van der Waals surface area contributed by atoms with Crippen LogP contribution in [-0.2, 0) is 17.4 Å². The van der Waals surface area contributed by atoms with Crippen LogP contribution in [0.2, 0.25) is 0 Å². The van der Waals surface area contributed by atoms with Gasteiger partial charge in [0.1, 0.15) is 0 Å². The van der Waals surface area contributed by atoms with Gasteiger partial charge in [0.25, 0.3) is 0 Å². The lowest BCUT2D eigenvalue weighted by atomic mass is 10.0. The molecule has 3 aromatic rings. The number of ether oxygens (including phenoxy) is 1. The molecular formula is C26H27F3N4O2S. The molecule has 36 heavy (non-hydrogen) atoms. The van der Waals surface area contributed by atoms with Crippen molar-refractivity contribution in [3.05, 3.63) is 59.2 Å². The number of thioether (sulfide) groups is 1. The normalized spacial score (nSPS) is 15.2. The Balaban J connectivity index is 1.84. The largest absolute Gasteiger partial charge is 0.447 e. The molecule has 0 aliphatic carbocycles. The molecule has 0 unspecified atom stereocenters. The van der Waals surface area contributed by atoms with Crippen molar-refractivity contribution in [2.75, 3.05) is 10.7 Å². The van der Waals surface area contributed by atoms with E-state index in [-0.39, 0.29) is 11.8 Å². The lowest BCUT2D eigenvalue weighted by Gasteiger charge is -2.30. The van der Waals surface area contributed by atoms with Crippen LogP contribution in [-0.4, -0.2) is 26.8 Å². The molecule has 190 valence electrons. The average Bonchev–Trinajstić information content (AvgIpc) is 2.97. The zero-order valence-electron chi connectivity index (χ0n) is 20.5. The predicted molar refractivity (Wildman–Crippen MR) is 133 cm³/mol. The average molecular weight is 517 g/mol. The number of halogens is 3. The van der Waals surface area contributed by atoms with Gasteiger partial charge in [-0.3, -0.25) is 9.69 Å². The fourth-order valence-electron chi connectivity index (χ4n) is 3.87. The van der Waals surface area contributed by atoms with E-state index in [4.69, 9.17) is 4.74 Å². The molecule has 2 heterocycles. The van der Waals surface area contributed by atoms with Gasteiger partial charge in [0.2, 0.25) is 23.2 Å². The van der Waals surface area contributed by atoms with Crippen molar-refractivity contribution in [2.45, 2.75) is 58.1 Å². The molecule has 1 atom stereocenters. The maximum atomic E-state index is 13.2. The number of aromatic nitrogens is 3. The molecule has 0 N–H and O–H groups in total. The third-order valence-corrected chi connectivity index (χ3v) is 6.74. The summed E-state index contributed by atoms with van der Waals surface area (Å²) in [6.07, 6.45) is -3.78. The maximum Gasteiger partial charge on any atom is 0.416 e. The van der Waals surface area contributed by atoms with Crippen molar-refractivity contribution >= 4 is 23.4 Å². The van der Waals surface area contributed by atoms with Crippen LogP contribution >= 0.6 is 11.8 Å². The first-order valence-corrected chi connectivity index (χ1v) is 12.7. The summed E-state index contributed by atoms with van der Waals surface area (Å²) < 4.78 is 45.8. The van der Waals surface area contributed by atoms with Crippen molar-refractivity contribution in [3.8, 4) is 17.1 Å². The van der Waals surface area contributed by atoms with Crippen LogP contribution in [0.15, 0.2) is 47.6 Å². The molecule has 6 nitrogen and oxygen atoms in total. The highest BCUT2D eigenvalue weighted by Crippen LogP contribution is 2.44. The zero-order chi connectivity index (χ0) is 26.0. The Morgan fingerprint density at radius 2 is 1.86 bits per heavy atom. The molecule has 10 heteroatoms. The number of aryl methyl sites for hydroxylation is 1. The summed E-state index contributed by atoms with van der Waals surface area (Å²) in [7, 11) is 0. The van der Waals surface area contributed by atoms with Gasteiger partial charge in [-0.05, 0) is 48.6 Å². The summed E-state index contributed by atoms with van der Waals surface area (Å²) >= 11 is 1.46. The van der Waals surface area contributed by atoms with Gasteiger partial charge >= 0.3 is 6.18 Å². The van der Waals surface area contributed by atoms with E-state index >= 15 is 0 Å². The highest BCUT2D eigenvalue weighted by atomic mass is 32.2. The number of anilines is 1. The smallest absolute Gasteiger partial charge is 0.416 e. The zero-order valence-corrected chi connectivity index (χ0v) is 21.3. The van der Waals surface area contributed by atoms with E-state index < -0.39 is 18.0 Å². The summed E-state index contributed by atoms with van der Waals surface area (Å²) in [5.41, 5.74) is 2.16. The molecule has 1 aliphatic rings. The number of carbonyl (C=O) groups is 1. The highest BCUT2D eigenvalue weighted by molar-refractivity contribution is 7.99. The maximum absolute atomic E-state index is 13.2. The number of alkyl halides is 3. The molecule has 0 saturated heterocycles. The van der Waals surface area contributed by atoms with E-state index in [1.807, 2.05) is 19.1 Å². The van der Waals surface area contributed by atoms with Crippen LogP contribution in [0, 0.1) is 5.92 Å². The van der Waals surface area contributed by atoms with Crippen LogP contribution in [0.5, 0.6) is 5.88 Å². The standard InChI is InChI=1S/C26H27F3N4O2S/c1-5-17-6-11-21-20(14-17)22-23(30-25(32-31-22)36-13-12-15(2)3)35-24(33(21)16(4)34)18-7-9-19(10-8-18)26(27,28)29/h6-11,14-15,24H,5,12-13H2,1-4H3/t24-/m1/s1. The third kappa shape index (κ3) is 5.48. The SMILES string of the molecule is CCc1ccc2c(c1)-c1nnc(SCCC(C)C)nc1O[C@H](c1ccc(C(F)(F)F)cc1)N2C(C)=O. The Labute approximate surface area is 212 Å². The number of hydrogen-bond acceptors (Lipinski definition) is 6. The van der Waals surface area contributed by atoms with Gasteiger partial charge in [-0.1, -0.05) is 50.7 Å².